The van der Waals surface area contributed by atoms with Gasteiger partial charge in [0.2, 0.25) is 11.9 Å². The molecule has 0 N–H and O–H groups in total. The van der Waals surface area contributed by atoms with Gasteiger partial charge in [0.25, 0.3) is 5.91 Å². The third-order valence-electron chi connectivity index (χ3n) is 3.92. The largest absolute Gasteiger partial charge is 0.416 e. The van der Waals surface area contributed by atoms with Gasteiger partial charge in [-0.05, 0) is 13.8 Å². The lowest BCUT2D eigenvalue weighted by molar-refractivity contribution is -0.527. The molecule has 116 valence electrons. The highest BCUT2D eigenvalue weighted by atomic mass is 16.2. The van der Waals surface area contributed by atoms with Gasteiger partial charge in [-0.3, -0.25) is 14.6 Å². The Morgan fingerprint density at radius 1 is 1.45 bits per heavy atom. The molecule has 0 aromatic rings. The van der Waals surface area contributed by atoms with E-state index in [2.05, 4.69) is 16.7 Å². The highest BCUT2D eigenvalue weighted by Crippen LogP contribution is 2.22. The van der Waals surface area contributed by atoms with Crippen molar-refractivity contribution in [3.8, 4) is 0 Å². The van der Waals surface area contributed by atoms with E-state index in [0.717, 1.165) is 5.71 Å². The molecule has 1 unspecified atom stereocenters. The van der Waals surface area contributed by atoms with Crippen molar-refractivity contribution in [1.82, 2.24) is 14.8 Å². The summed E-state index contributed by atoms with van der Waals surface area (Å²) in [5.74, 6) is 0.831. The van der Waals surface area contributed by atoms with Gasteiger partial charge in [0.05, 0.1) is 12.3 Å². The molecule has 0 aliphatic carbocycles. The maximum absolute atomic E-state index is 12.7. The molecule has 1 atom stereocenters. The van der Waals surface area contributed by atoms with Gasteiger partial charge in [0.1, 0.15) is 6.54 Å². The van der Waals surface area contributed by atoms with E-state index < -0.39 is 6.04 Å². The molecular formula is C14H19N6O2+. The van der Waals surface area contributed by atoms with Gasteiger partial charge in [-0.2, -0.15) is 0 Å². The van der Waals surface area contributed by atoms with Crippen molar-refractivity contribution in [2.24, 2.45) is 10.1 Å². The minimum absolute atomic E-state index is 0.194. The molecule has 8 nitrogen and oxygen atoms in total. The predicted octanol–water partition coefficient (Wildman–Crippen LogP) is -0.0730. The van der Waals surface area contributed by atoms with Crippen molar-refractivity contribution in [3.05, 3.63) is 12.7 Å². The van der Waals surface area contributed by atoms with Crippen molar-refractivity contribution in [2.75, 3.05) is 26.7 Å². The number of hydrogen-bond donors (Lipinski definition) is 0. The van der Waals surface area contributed by atoms with E-state index in [1.54, 1.807) is 18.1 Å². The second-order valence-electron chi connectivity index (χ2n) is 5.43. The molecule has 0 saturated carbocycles. The minimum atomic E-state index is -0.572. The van der Waals surface area contributed by atoms with Gasteiger partial charge >= 0.3 is 12.0 Å². The molecule has 0 spiro atoms. The van der Waals surface area contributed by atoms with E-state index in [1.807, 2.05) is 18.4 Å². The smallest absolute Gasteiger partial charge is 0.270 e. The van der Waals surface area contributed by atoms with Crippen LogP contribution < -0.4 is 0 Å². The Balaban J connectivity index is 2.04. The number of guanidine groups is 1. The van der Waals surface area contributed by atoms with Crippen LogP contribution in [0.25, 0.3) is 0 Å². The lowest BCUT2D eigenvalue weighted by atomic mass is 10.1. The van der Waals surface area contributed by atoms with Gasteiger partial charge in [-0.1, -0.05) is 11.1 Å². The zero-order valence-electron chi connectivity index (χ0n) is 13.0. The summed E-state index contributed by atoms with van der Waals surface area (Å²) in [5.41, 5.74) is 0.907. The summed E-state index contributed by atoms with van der Waals surface area (Å²) in [6.07, 6.45) is 1.55. The van der Waals surface area contributed by atoms with Crippen LogP contribution in [0.1, 0.15) is 13.8 Å². The fraction of sp³-hybridized carbons (Fsp3) is 0.500. The topological polar surface area (TPSA) is 71.6 Å². The Morgan fingerprint density at radius 2 is 2.18 bits per heavy atom. The quantitative estimate of drug-likeness (QED) is 0.541. The Labute approximate surface area is 128 Å². The summed E-state index contributed by atoms with van der Waals surface area (Å²) in [5, 5.41) is 6.20. The molecule has 3 aliphatic rings. The van der Waals surface area contributed by atoms with Crippen LogP contribution in [0.15, 0.2) is 22.7 Å². The third kappa shape index (κ3) is 1.87. The Bertz CT molecular complexity index is 662. The van der Waals surface area contributed by atoms with Crippen molar-refractivity contribution < 1.29 is 14.2 Å². The standard InChI is InChI=1S/C14H19N6O2/c1-5-7-18-12(21)10-11(17(4)14(18)22)15-13-19(10)8-9(3)16-20(13)6-2/h5,10H,1,6-8H2,2-4H3/q+1. The average molecular weight is 303 g/mol. The van der Waals surface area contributed by atoms with Crippen molar-refractivity contribution in [1.29, 1.82) is 0 Å². The van der Waals surface area contributed by atoms with E-state index in [1.165, 1.54) is 9.80 Å². The number of amides is 3. The first-order chi connectivity index (χ1) is 10.5. The molecule has 0 radical (unpaired) electrons. The maximum Gasteiger partial charge on any atom is 0.416 e. The number of carbonyl (C=O) groups is 2. The number of imide groups is 1. The van der Waals surface area contributed by atoms with Gasteiger partial charge in [0, 0.05) is 13.6 Å². The Morgan fingerprint density at radius 3 is 2.82 bits per heavy atom. The molecular weight excluding hydrogens is 284 g/mol. The zero-order valence-corrected chi connectivity index (χ0v) is 13.0. The van der Waals surface area contributed by atoms with E-state index >= 15 is 0 Å². The summed E-state index contributed by atoms with van der Waals surface area (Å²) >= 11 is 0. The number of hydrogen-bond acceptors (Lipinski definition) is 5. The molecule has 1 saturated heterocycles. The van der Waals surface area contributed by atoms with Crippen LogP contribution in [-0.4, -0.2) is 81.6 Å². The number of nitrogens with zero attached hydrogens (tertiary/aromatic N) is 6. The monoisotopic (exact) mass is 303 g/mol. The molecule has 3 rings (SSSR count). The van der Waals surface area contributed by atoms with Crippen LogP contribution in [0, 0.1) is 0 Å². The second kappa shape index (κ2) is 5.04. The normalized spacial score (nSPS) is 24.3. The molecule has 1 fully saturated rings. The van der Waals surface area contributed by atoms with Gasteiger partial charge in [-0.15, -0.1) is 16.7 Å². The summed E-state index contributed by atoms with van der Waals surface area (Å²) < 4.78 is 1.91. The Hall–Kier alpha value is -2.51. The Kier molecular flexibility index (Phi) is 3.31. The number of likely N-dealkylation sites (N-methyl/N-ethyl adjacent to an activating group) is 1. The summed E-state index contributed by atoms with van der Waals surface area (Å²) in [4.78, 5) is 32.2. The highest BCUT2D eigenvalue weighted by Gasteiger charge is 2.54. The van der Waals surface area contributed by atoms with Crippen LogP contribution in [0.3, 0.4) is 0 Å². The van der Waals surface area contributed by atoms with E-state index in [9.17, 15) is 9.59 Å². The zero-order chi connectivity index (χ0) is 16.0. The van der Waals surface area contributed by atoms with Crippen molar-refractivity contribution >= 4 is 29.4 Å². The molecule has 8 heteroatoms. The maximum atomic E-state index is 12.7. The van der Waals surface area contributed by atoms with Crippen LogP contribution in [0.4, 0.5) is 4.79 Å². The molecule has 3 heterocycles. The van der Waals surface area contributed by atoms with E-state index in [-0.39, 0.29) is 18.5 Å². The van der Waals surface area contributed by atoms with Crippen LogP contribution in [-0.2, 0) is 4.79 Å². The first-order valence-corrected chi connectivity index (χ1v) is 7.23. The predicted molar refractivity (Wildman–Crippen MR) is 81.9 cm³/mol. The molecule has 22 heavy (non-hydrogen) atoms. The van der Waals surface area contributed by atoms with Gasteiger partial charge in [-0.25, -0.2) is 9.37 Å². The fourth-order valence-corrected chi connectivity index (χ4v) is 2.91. The second-order valence-corrected chi connectivity index (χ2v) is 5.43. The minimum Gasteiger partial charge on any atom is -0.270 e. The number of rotatable bonds is 3. The van der Waals surface area contributed by atoms with Crippen LogP contribution in [0.5, 0.6) is 0 Å². The van der Waals surface area contributed by atoms with Gasteiger partial charge < -0.3 is 0 Å². The third-order valence-corrected chi connectivity index (χ3v) is 3.92. The molecule has 0 aromatic heterocycles. The van der Waals surface area contributed by atoms with Crippen molar-refractivity contribution in [2.45, 2.75) is 19.9 Å². The van der Waals surface area contributed by atoms with E-state index in [0.29, 0.717) is 24.9 Å². The summed E-state index contributed by atoms with van der Waals surface area (Å²) in [6.45, 7) is 8.87. The lowest BCUT2D eigenvalue weighted by Gasteiger charge is -2.33. The number of hydrazone groups is 1. The summed E-state index contributed by atoms with van der Waals surface area (Å²) in [6, 6.07) is -0.946. The molecule has 3 amide bonds. The highest BCUT2D eigenvalue weighted by molar-refractivity contribution is 6.23. The number of urea groups is 1. The van der Waals surface area contributed by atoms with E-state index in [4.69, 9.17) is 0 Å². The molecule has 3 aliphatic heterocycles. The number of carbonyl (C=O) groups excluding carboxylic acids is 2. The SMILES string of the molecule is C=CCN1C(=O)C2C(=NC3=[N+]2CC(C)=NN3CC)N(C)C1=O. The number of aliphatic imine (C=N–C) groups is 1. The average Bonchev–Trinajstić information content (AvgIpc) is 2.88. The molecule has 0 bridgehead atoms. The van der Waals surface area contributed by atoms with Crippen LogP contribution in [0.2, 0.25) is 0 Å². The van der Waals surface area contributed by atoms with Crippen molar-refractivity contribution in [3.63, 3.8) is 0 Å². The first-order valence-electron chi connectivity index (χ1n) is 7.23. The van der Waals surface area contributed by atoms with Gasteiger partial charge in [0.15, 0.2) is 0 Å². The number of fused-ring (bicyclic) bond motifs is 2. The van der Waals surface area contributed by atoms with Crippen LogP contribution >= 0.6 is 0 Å². The molecule has 0 aromatic carbocycles. The fourth-order valence-electron chi connectivity index (χ4n) is 2.91. The number of amidine groups is 1. The lowest BCUT2D eigenvalue weighted by Crippen LogP contribution is -2.63. The summed E-state index contributed by atoms with van der Waals surface area (Å²) in [7, 11) is 1.64. The first kappa shape index (κ1) is 14.4.